The van der Waals surface area contributed by atoms with Gasteiger partial charge in [0, 0.05) is 12.0 Å². The number of fused-ring (bicyclic) bond motifs is 1. The molecule has 1 saturated carbocycles. The van der Waals surface area contributed by atoms with Gasteiger partial charge in [-0.25, -0.2) is 9.50 Å². The Kier molecular flexibility index (Phi) is 3.22. The smallest absolute Gasteiger partial charge is 0.237 e. The number of ether oxygens (including phenoxy) is 1. The third kappa shape index (κ3) is 2.88. The molecule has 116 valence electrons. The summed E-state index contributed by atoms with van der Waals surface area (Å²) in [5.74, 6) is 1.94. The molecular formula is C17H16N4O2. The predicted molar refractivity (Wildman–Crippen MR) is 85.6 cm³/mol. The Hall–Kier alpha value is -2.89. The lowest BCUT2D eigenvalue weighted by Gasteiger charge is -2.07. The summed E-state index contributed by atoms with van der Waals surface area (Å²) in [5.41, 5.74) is 1.70. The number of aryl methyl sites for hydroxylation is 1. The molecule has 3 aromatic rings. The van der Waals surface area contributed by atoms with Crippen molar-refractivity contribution in [3.05, 3.63) is 48.2 Å². The monoisotopic (exact) mass is 308 g/mol. The lowest BCUT2D eigenvalue weighted by atomic mass is 10.2. The molecule has 1 aliphatic rings. The molecule has 6 nitrogen and oxygen atoms in total. The van der Waals surface area contributed by atoms with Crippen LogP contribution in [0.3, 0.4) is 0 Å². The first-order valence-corrected chi connectivity index (χ1v) is 7.60. The number of para-hydroxylation sites is 1. The highest BCUT2D eigenvalue weighted by molar-refractivity contribution is 5.93. The normalized spacial score (nSPS) is 14.0. The van der Waals surface area contributed by atoms with E-state index >= 15 is 0 Å². The number of imidazole rings is 1. The second-order valence-corrected chi connectivity index (χ2v) is 5.73. The van der Waals surface area contributed by atoms with Crippen LogP contribution in [0.2, 0.25) is 0 Å². The minimum absolute atomic E-state index is 0.0322. The van der Waals surface area contributed by atoms with Gasteiger partial charge in [0.15, 0.2) is 11.5 Å². The maximum absolute atomic E-state index is 11.8. The minimum Gasteiger partial charge on any atom is -0.437 e. The lowest BCUT2D eigenvalue weighted by Crippen LogP contribution is -2.13. The van der Waals surface area contributed by atoms with Gasteiger partial charge in [-0.2, -0.15) is 0 Å². The average molecular weight is 308 g/mol. The number of rotatable bonds is 4. The molecular weight excluding hydrogens is 292 g/mol. The van der Waals surface area contributed by atoms with E-state index in [9.17, 15) is 4.79 Å². The Morgan fingerprint density at radius 1 is 1.26 bits per heavy atom. The maximum atomic E-state index is 11.8. The summed E-state index contributed by atoms with van der Waals surface area (Å²) < 4.78 is 7.42. The number of nitrogens with zero attached hydrogens (tertiary/aromatic N) is 3. The average Bonchev–Trinajstić information content (AvgIpc) is 3.31. The summed E-state index contributed by atoms with van der Waals surface area (Å²) in [4.78, 5) is 16.1. The van der Waals surface area contributed by atoms with E-state index in [-0.39, 0.29) is 11.8 Å². The Morgan fingerprint density at radius 2 is 2.09 bits per heavy atom. The molecule has 0 spiro atoms. The van der Waals surface area contributed by atoms with Crippen LogP contribution in [-0.2, 0) is 4.79 Å². The van der Waals surface area contributed by atoms with E-state index in [1.54, 1.807) is 16.8 Å². The molecule has 4 rings (SSSR count). The Bertz CT molecular complexity index is 883. The number of carbonyl (C=O) groups excluding carboxylic acids is 1. The van der Waals surface area contributed by atoms with Gasteiger partial charge in [0.1, 0.15) is 5.75 Å². The van der Waals surface area contributed by atoms with Crippen LogP contribution < -0.4 is 10.1 Å². The zero-order valence-corrected chi connectivity index (χ0v) is 12.7. The van der Waals surface area contributed by atoms with E-state index in [0.717, 1.165) is 24.2 Å². The first kappa shape index (κ1) is 13.8. The van der Waals surface area contributed by atoms with Crippen LogP contribution in [0.4, 0.5) is 5.82 Å². The van der Waals surface area contributed by atoms with Gasteiger partial charge < -0.3 is 10.1 Å². The standard InChI is InChI=1S/C17H16N4O2/c1-11-4-2-3-5-13(11)23-16-9-8-15-18-14(10-21(15)20-16)19-17(22)12-6-7-12/h2-5,8-10,12H,6-7H2,1H3,(H,19,22). The molecule has 0 atom stereocenters. The Balaban J connectivity index is 1.57. The number of hydrogen-bond donors (Lipinski definition) is 1. The van der Waals surface area contributed by atoms with Crippen molar-refractivity contribution in [2.45, 2.75) is 19.8 Å². The molecule has 1 N–H and O–H groups in total. The molecule has 0 unspecified atom stereocenters. The summed E-state index contributed by atoms with van der Waals surface area (Å²) in [6.07, 6.45) is 3.62. The zero-order chi connectivity index (χ0) is 15.8. The number of anilines is 1. The van der Waals surface area contributed by atoms with E-state index in [2.05, 4.69) is 15.4 Å². The molecule has 6 heteroatoms. The van der Waals surface area contributed by atoms with Crippen LogP contribution in [0.25, 0.3) is 5.65 Å². The number of benzene rings is 1. The van der Waals surface area contributed by atoms with Gasteiger partial charge in [-0.3, -0.25) is 4.79 Å². The molecule has 0 bridgehead atoms. The quantitative estimate of drug-likeness (QED) is 0.803. The van der Waals surface area contributed by atoms with Crippen LogP contribution in [0.15, 0.2) is 42.6 Å². The van der Waals surface area contributed by atoms with Gasteiger partial charge in [0.25, 0.3) is 0 Å². The van der Waals surface area contributed by atoms with Crippen molar-refractivity contribution in [3.8, 4) is 11.6 Å². The fourth-order valence-electron chi connectivity index (χ4n) is 2.34. The van der Waals surface area contributed by atoms with Crippen LogP contribution in [-0.4, -0.2) is 20.5 Å². The molecule has 0 saturated heterocycles. The number of nitrogens with one attached hydrogen (secondary N) is 1. The first-order chi connectivity index (χ1) is 11.2. The lowest BCUT2D eigenvalue weighted by molar-refractivity contribution is -0.117. The van der Waals surface area contributed by atoms with Crippen LogP contribution >= 0.6 is 0 Å². The number of amides is 1. The summed E-state index contributed by atoms with van der Waals surface area (Å²) in [6.45, 7) is 1.98. The third-order valence-corrected chi connectivity index (χ3v) is 3.80. The third-order valence-electron chi connectivity index (χ3n) is 3.80. The van der Waals surface area contributed by atoms with Crippen molar-refractivity contribution in [1.82, 2.24) is 14.6 Å². The molecule has 1 aliphatic carbocycles. The number of hydrogen-bond acceptors (Lipinski definition) is 4. The topological polar surface area (TPSA) is 68.5 Å². The largest absolute Gasteiger partial charge is 0.437 e. The SMILES string of the molecule is Cc1ccccc1Oc1ccc2nc(NC(=O)C3CC3)cn2n1. The fourth-order valence-corrected chi connectivity index (χ4v) is 2.34. The molecule has 1 aromatic carbocycles. The van der Waals surface area contributed by atoms with Crippen molar-refractivity contribution in [3.63, 3.8) is 0 Å². The second-order valence-electron chi connectivity index (χ2n) is 5.73. The van der Waals surface area contributed by atoms with Crippen LogP contribution in [0.1, 0.15) is 18.4 Å². The van der Waals surface area contributed by atoms with E-state index in [0.29, 0.717) is 17.3 Å². The van der Waals surface area contributed by atoms with Gasteiger partial charge in [0.2, 0.25) is 11.8 Å². The van der Waals surface area contributed by atoms with E-state index in [1.165, 1.54) is 0 Å². The van der Waals surface area contributed by atoms with Gasteiger partial charge in [-0.15, -0.1) is 5.10 Å². The van der Waals surface area contributed by atoms with Crippen molar-refractivity contribution in [2.75, 3.05) is 5.32 Å². The number of aromatic nitrogens is 3. The number of carbonyl (C=O) groups is 1. The van der Waals surface area contributed by atoms with Crippen LogP contribution in [0.5, 0.6) is 11.6 Å². The summed E-state index contributed by atoms with van der Waals surface area (Å²) in [6, 6.07) is 11.3. The molecule has 2 heterocycles. The van der Waals surface area contributed by atoms with Crippen molar-refractivity contribution < 1.29 is 9.53 Å². The highest BCUT2D eigenvalue weighted by Gasteiger charge is 2.30. The van der Waals surface area contributed by atoms with Crippen molar-refractivity contribution in [2.24, 2.45) is 5.92 Å². The molecule has 1 amide bonds. The molecule has 0 aliphatic heterocycles. The summed E-state index contributed by atoms with van der Waals surface area (Å²) >= 11 is 0. The van der Waals surface area contributed by atoms with Gasteiger partial charge in [-0.1, -0.05) is 18.2 Å². The maximum Gasteiger partial charge on any atom is 0.237 e. The Labute approximate surface area is 133 Å². The highest BCUT2D eigenvalue weighted by atomic mass is 16.5. The van der Waals surface area contributed by atoms with Gasteiger partial charge in [0.05, 0.1) is 6.20 Å². The van der Waals surface area contributed by atoms with E-state index in [4.69, 9.17) is 4.74 Å². The molecule has 1 fully saturated rings. The Morgan fingerprint density at radius 3 is 2.87 bits per heavy atom. The highest BCUT2D eigenvalue weighted by Crippen LogP contribution is 2.30. The predicted octanol–water partition coefficient (Wildman–Crippen LogP) is 3.18. The molecule has 0 radical (unpaired) electrons. The first-order valence-electron chi connectivity index (χ1n) is 7.60. The van der Waals surface area contributed by atoms with Gasteiger partial charge >= 0.3 is 0 Å². The van der Waals surface area contributed by atoms with E-state index < -0.39 is 0 Å². The summed E-state index contributed by atoms with van der Waals surface area (Å²) in [5, 5.41) is 7.20. The fraction of sp³-hybridized carbons (Fsp3) is 0.235. The summed E-state index contributed by atoms with van der Waals surface area (Å²) in [7, 11) is 0. The molecule has 2 aromatic heterocycles. The minimum atomic E-state index is 0.0322. The van der Waals surface area contributed by atoms with Crippen LogP contribution in [0, 0.1) is 12.8 Å². The van der Waals surface area contributed by atoms with Gasteiger partial charge in [-0.05, 0) is 37.5 Å². The second kappa shape index (κ2) is 5.39. The molecule has 23 heavy (non-hydrogen) atoms. The van der Waals surface area contributed by atoms with Crippen molar-refractivity contribution >= 4 is 17.4 Å². The van der Waals surface area contributed by atoms with E-state index in [1.807, 2.05) is 37.3 Å². The zero-order valence-electron chi connectivity index (χ0n) is 12.7. The van der Waals surface area contributed by atoms with Crippen molar-refractivity contribution in [1.29, 1.82) is 0 Å².